The summed E-state index contributed by atoms with van der Waals surface area (Å²) in [5.41, 5.74) is 8.98. The minimum absolute atomic E-state index is 0.0241. The maximum absolute atomic E-state index is 12.4. The van der Waals surface area contributed by atoms with E-state index in [1.54, 1.807) is 11.6 Å². The molecular weight excluding hydrogens is 408 g/mol. The Bertz CT molecular complexity index is 1010. The summed E-state index contributed by atoms with van der Waals surface area (Å²) in [5, 5.41) is 14.4. The Balaban J connectivity index is 2.28. The molecule has 27 heavy (non-hydrogen) atoms. The number of hydrogen-bond acceptors (Lipinski definition) is 5. The third kappa shape index (κ3) is 3.40. The van der Waals surface area contributed by atoms with Crippen LogP contribution in [0.1, 0.15) is 32.3 Å². The van der Waals surface area contributed by atoms with Crippen molar-refractivity contribution in [1.82, 2.24) is 9.78 Å². The number of carbonyl (C=O) groups is 1. The highest BCUT2D eigenvalue weighted by molar-refractivity contribution is 9.10. The van der Waals surface area contributed by atoms with Crippen molar-refractivity contribution in [3.63, 3.8) is 0 Å². The van der Waals surface area contributed by atoms with Gasteiger partial charge in [0.15, 0.2) is 5.78 Å². The molecule has 0 spiro atoms. The molecule has 3 rings (SSSR count). The van der Waals surface area contributed by atoms with Gasteiger partial charge in [-0.1, -0.05) is 28.1 Å². The summed E-state index contributed by atoms with van der Waals surface area (Å²) in [5.74, 6) is -0.338. The van der Waals surface area contributed by atoms with Gasteiger partial charge in [-0.25, -0.2) is 0 Å². The standard InChI is InChI=1S/C20H19BrN4O2/c1-4-25-10-16(19(24-25)13-5-7-14(21)8-6-13)18-15(9-22)20(23)27-12(3)17(18)11(2)26/h5-8,10,18H,4,23H2,1-3H3. The first-order chi connectivity index (χ1) is 12.9. The van der Waals surface area contributed by atoms with Gasteiger partial charge in [0, 0.05) is 33.9 Å². The van der Waals surface area contributed by atoms with Crippen LogP contribution in [0.4, 0.5) is 0 Å². The molecule has 1 atom stereocenters. The zero-order valence-corrected chi connectivity index (χ0v) is 16.9. The largest absolute Gasteiger partial charge is 0.445 e. The summed E-state index contributed by atoms with van der Waals surface area (Å²) in [6, 6.07) is 9.86. The highest BCUT2D eigenvalue weighted by Gasteiger charge is 2.36. The van der Waals surface area contributed by atoms with Crippen LogP contribution in [0.3, 0.4) is 0 Å². The molecule has 1 aliphatic rings. The zero-order valence-electron chi connectivity index (χ0n) is 15.3. The molecule has 1 aliphatic heterocycles. The molecule has 0 radical (unpaired) electrons. The second-order valence-electron chi connectivity index (χ2n) is 6.25. The van der Waals surface area contributed by atoms with Crippen molar-refractivity contribution in [2.45, 2.75) is 33.2 Å². The van der Waals surface area contributed by atoms with Crippen LogP contribution in [0, 0.1) is 11.3 Å². The van der Waals surface area contributed by atoms with E-state index in [2.05, 4.69) is 27.1 Å². The van der Waals surface area contributed by atoms with Crippen LogP contribution in [0.15, 0.2) is 57.7 Å². The van der Waals surface area contributed by atoms with Crippen LogP contribution in [0.2, 0.25) is 0 Å². The van der Waals surface area contributed by atoms with Gasteiger partial charge in [0.05, 0.1) is 11.6 Å². The van der Waals surface area contributed by atoms with E-state index >= 15 is 0 Å². The molecule has 0 aliphatic carbocycles. The zero-order chi connectivity index (χ0) is 19.7. The molecule has 1 aromatic carbocycles. The van der Waals surface area contributed by atoms with Gasteiger partial charge in [0.25, 0.3) is 0 Å². The van der Waals surface area contributed by atoms with E-state index in [-0.39, 0.29) is 17.2 Å². The number of nitrogens with zero attached hydrogens (tertiary/aromatic N) is 3. The van der Waals surface area contributed by atoms with Crippen molar-refractivity contribution < 1.29 is 9.53 Å². The highest BCUT2D eigenvalue weighted by atomic mass is 79.9. The topological polar surface area (TPSA) is 93.9 Å². The number of nitrogens with two attached hydrogens (primary N) is 1. The van der Waals surface area contributed by atoms with Gasteiger partial charge in [0.1, 0.15) is 17.4 Å². The number of halogens is 1. The van der Waals surface area contributed by atoms with Gasteiger partial charge >= 0.3 is 0 Å². The minimum atomic E-state index is -0.611. The fraction of sp³-hybridized carbons (Fsp3) is 0.250. The van der Waals surface area contributed by atoms with Crippen LogP contribution in [0.25, 0.3) is 11.3 Å². The van der Waals surface area contributed by atoms with Crippen molar-refractivity contribution in [3.05, 3.63) is 63.3 Å². The second-order valence-corrected chi connectivity index (χ2v) is 7.16. The monoisotopic (exact) mass is 426 g/mol. The van der Waals surface area contributed by atoms with E-state index in [1.165, 1.54) is 6.92 Å². The minimum Gasteiger partial charge on any atom is -0.445 e. The molecular formula is C20H19BrN4O2. The molecule has 6 nitrogen and oxygen atoms in total. The van der Waals surface area contributed by atoms with Crippen LogP contribution in [-0.4, -0.2) is 15.6 Å². The lowest BCUT2D eigenvalue weighted by molar-refractivity contribution is -0.114. The predicted molar refractivity (Wildman–Crippen MR) is 105 cm³/mol. The van der Waals surface area contributed by atoms with Crippen molar-refractivity contribution in [2.24, 2.45) is 5.73 Å². The van der Waals surface area contributed by atoms with E-state index < -0.39 is 5.92 Å². The van der Waals surface area contributed by atoms with E-state index in [0.29, 0.717) is 23.6 Å². The fourth-order valence-corrected chi connectivity index (χ4v) is 3.55. The number of hydrogen-bond donors (Lipinski definition) is 1. The normalized spacial score (nSPS) is 16.9. The summed E-state index contributed by atoms with van der Waals surface area (Å²) in [6.45, 7) is 5.80. The lowest BCUT2D eigenvalue weighted by Crippen LogP contribution is -2.23. The molecule has 2 heterocycles. The molecule has 138 valence electrons. The fourth-order valence-electron chi connectivity index (χ4n) is 3.29. The summed E-state index contributed by atoms with van der Waals surface area (Å²) in [7, 11) is 0. The number of aryl methyl sites for hydroxylation is 1. The molecule has 0 saturated heterocycles. The van der Waals surface area contributed by atoms with Gasteiger partial charge in [-0.05, 0) is 32.9 Å². The van der Waals surface area contributed by atoms with Gasteiger partial charge in [-0.2, -0.15) is 10.4 Å². The SMILES string of the molecule is CCn1cc(C2C(C#N)=C(N)OC(C)=C2C(C)=O)c(-c2ccc(Br)cc2)n1. The van der Waals surface area contributed by atoms with Gasteiger partial charge in [-0.3, -0.25) is 9.48 Å². The maximum atomic E-state index is 12.4. The molecule has 2 N–H and O–H groups in total. The Labute approximate surface area is 166 Å². The molecule has 0 fully saturated rings. The van der Waals surface area contributed by atoms with Crippen LogP contribution >= 0.6 is 15.9 Å². The van der Waals surface area contributed by atoms with Crippen LogP contribution in [0.5, 0.6) is 0 Å². The Morgan fingerprint density at radius 1 is 1.41 bits per heavy atom. The Morgan fingerprint density at radius 2 is 2.07 bits per heavy atom. The molecule has 7 heteroatoms. The molecule has 1 unspecified atom stereocenters. The van der Waals surface area contributed by atoms with E-state index in [1.807, 2.05) is 37.4 Å². The number of nitriles is 1. The van der Waals surface area contributed by atoms with Crippen molar-refractivity contribution in [3.8, 4) is 17.3 Å². The Kier molecular flexibility index (Phi) is 5.19. The average molecular weight is 427 g/mol. The number of allylic oxidation sites excluding steroid dienone is 3. The van der Waals surface area contributed by atoms with Crippen LogP contribution < -0.4 is 5.73 Å². The van der Waals surface area contributed by atoms with E-state index in [9.17, 15) is 10.1 Å². The van der Waals surface area contributed by atoms with E-state index in [0.717, 1.165) is 15.6 Å². The van der Waals surface area contributed by atoms with Crippen molar-refractivity contribution >= 4 is 21.7 Å². The number of aromatic nitrogens is 2. The third-order valence-electron chi connectivity index (χ3n) is 4.53. The second kappa shape index (κ2) is 7.41. The lowest BCUT2D eigenvalue weighted by Gasteiger charge is -2.26. The van der Waals surface area contributed by atoms with Gasteiger partial charge in [-0.15, -0.1) is 0 Å². The highest BCUT2D eigenvalue weighted by Crippen LogP contribution is 2.42. The smallest absolute Gasteiger partial charge is 0.205 e. The number of ketones is 1. The number of carbonyl (C=O) groups excluding carboxylic acids is 1. The Morgan fingerprint density at radius 3 is 2.63 bits per heavy atom. The molecule has 0 amide bonds. The first-order valence-corrected chi connectivity index (χ1v) is 9.29. The summed E-state index contributed by atoms with van der Waals surface area (Å²) < 4.78 is 8.22. The number of Topliss-reactive ketones (excluding diaryl/α,β-unsaturated/α-hetero) is 1. The molecule has 0 saturated carbocycles. The van der Waals surface area contributed by atoms with Gasteiger partial charge in [0.2, 0.25) is 5.88 Å². The summed E-state index contributed by atoms with van der Waals surface area (Å²) >= 11 is 3.44. The molecule has 1 aromatic heterocycles. The first kappa shape index (κ1) is 18.9. The molecule has 2 aromatic rings. The predicted octanol–water partition coefficient (Wildman–Crippen LogP) is 4.00. The maximum Gasteiger partial charge on any atom is 0.205 e. The quantitative estimate of drug-likeness (QED) is 0.796. The molecule has 0 bridgehead atoms. The van der Waals surface area contributed by atoms with Crippen molar-refractivity contribution in [2.75, 3.05) is 0 Å². The average Bonchev–Trinajstić information content (AvgIpc) is 3.05. The summed E-state index contributed by atoms with van der Waals surface area (Å²) in [6.07, 6.45) is 1.87. The van der Waals surface area contributed by atoms with E-state index in [4.69, 9.17) is 10.5 Å². The summed E-state index contributed by atoms with van der Waals surface area (Å²) in [4.78, 5) is 12.4. The van der Waals surface area contributed by atoms with Gasteiger partial charge < -0.3 is 10.5 Å². The Hall–Kier alpha value is -2.85. The lowest BCUT2D eigenvalue weighted by atomic mass is 9.81. The third-order valence-corrected chi connectivity index (χ3v) is 5.06. The number of ether oxygens (including phenoxy) is 1. The van der Waals surface area contributed by atoms with Crippen LogP contribution in [-0.2, 0) is 16.1 Å². The first-order valence-electron chi connectivity index (χ1n) is 8.49. The van der Waals surface area contributed by atoms with Crippen molar-refractivity contribution in [1.29, 1.82) is 5.26 Å². The number of rotatable bonds is 4. The number of benzene rings is 1.